The summed E-state index contributed by atoms with van der Waals surface area (Å²) in [5.74, 6) is -0.246. The number of aromatic nitrogens is 1. The minimum absolute atomic E-state index is 0.214. The van der Waals surface area contributed by atoms with E-state index in [9.17, 15) is 0 Å². The van der Waals surface area contributed by atoms with E-state index in [2.05, 4.69) is 23.9 Å². The lowest BCUT2D eigenvalue weighted by Gasteiger charge is -2.32. The number of thiazole rings is 1. The van der Waals surface area contributed by atoms with E-state index >= 15 is 0 Å². The van der Waals surface area contributed by atoms with E-state index in [-0.39, 0.29) is 11.9 Å². The first-order valence-corrected chi connectivity index (χ1v) is 8.44. The highest BCUT2D eigenvalue weighted by Gasteiger charge is 2.42. The molecule has 4 nitrogen and oxygen atoms in total. The molecule has 1 spiro atoms. The predicted molar refractivity (Wildman–Crippen MR) is 79.8 cm³/mol. The summed E-state index contributed by atoms with van der Waals surface area (Å²) in [6, 6.07) is 0. The van der Waals surface area contributed by atoms with E-state index in [4.69, 9.17) is 9.47 Å². The number of aryl methyl sites for hydroxylation is 1. The number of rotatable bonds is 4. The largest absolute Gasteiger partial charge is 0.347 e. The maximum atomic E-state index is 6.23. The van der Waals surface area contributed by atoms with Crippen LogP contribution < -0.4 is 0 Å². The van der Waals surface area contributed by atoms with Crippen LogP contribution in [0.1, 0.15) is 42.7 Å². The molecule has 1 unspecified atom stereocenters. The highest BCUT2D eigenvalue weighted by atomic mass is 32.1. The van der Waals surface area contributed by atoms with Gasteiger partial charge in [0.1, 0.15) is 0 Å². The fraction of sp³-hybridized carbons (Fsp3) is 0.800. The number of hydrogen-bond donors (Lipinski definition) is 0. The second-order valence-electron chi connectivity index (χ2n) is 6.08. The van der Waals surface area contributed by atoms with Crippen molar-refractivity contribution < 1.29 is 9.47 Å². The first-order chi connectivity index (χ1) is 9.67. The van der Waals surface area contributed by atoms with E-state index in [1.54, 1.807) is 11.3 Å². The molecule has 3 rings (SSSR count). The van der Waals surface area contributed by atoms with E-state index in [0.717, 1.165) is 38.2 Å². The van der Waals surface area contributed by atoms with Gasteiger partial charge in [0.25, 0.3) is 0 Å². The maximum Gasteiger partial charge on any atom is 0.168 e. The van der Waals surface area contributed by atoms with Crippen LogP contribution >= 0.6 is 11.3 Å². The summed E-state index contributed by atoms with van der Waals surface area (Å²) in [7, 11) is 2.15. The van der Waals surface area contributed by atoms with Gasteiger partial charge in [-0.15, -0.1) is 11.3 Å². The van der Waals surface area contributed by atoms with Crippen molar-refractivity contribution in [3.63, 3.8) is 0 Å². The summed E-state index contributed by atoms with van der Waals surface area (Å²) in [6.07, 6.45) is 6.16. The molecule has 2 heterocycles. The maximum absolute atomic E-state index is 6.23. The molecular formula is C15H24N2O2S. The number of hydrogen-bond acceptors (Lipinski definition) is 5. The van der Waals surface area contributed by atoms with E-state index < -0.39 is 0 Å². The zero-order chi connectivity index (χ0) is 14.0. The van der Waals surface area contributed by atoms with Gasteiger partial charge in [-0.25, -0.2) is 4.98 Å². The van der Waals surface area contributed by atoms with Crippen LogP contribution in [0, 0.1) is 6.92 Å². The lowest BCUT2D eigenvalue weighted by atomic mass is 9.94. The van der Waals surface area contributed by atoms with Gasteiger partial charge < -0.3 is 9.47 Å². The van der Waals surface area contributed by atoms with Gasteiger partial charge in [-0.05, 0) is 26.8 Å². The van der Waals surface area contributed by atoms with E-state index in [1.807, 2.05) is 5.51 Å². The lowest BCUT2D eigenvalue weighted by molar-refractivity contribution is -0.188. The Kier molecular flexibility index (Phi) is 4.40. The van der Waals surface area contributed by atoms with Gasteiger partial charge >= 0.3 is 0 Å². The van der Waals surface area contributed by atoms with Gasteiger partial charge in [0, 0.05) is 30.8 Å². The molecule has 1 atom stereocenters. The normalized spacial score (nSPS) is 25.6. The highest BCUT2D eigenvalue weighted by Crippen LogP contribution is 2.37. The van der Waals surface area contributed by atoms with E-state index in [1.165, 1.54) is 24.1 Å². The molecule has 1 aromatic rings. The van der Waals surface area contributed by atoms with Gasteiger partial charge in [0.15, 0.2) is 5.79 Å². The van der Waals surface area contributed by atoms with Crippen LogP contribution in [0.4, 0.5) is 0 Å². The summed E-state index contributed by atoms with van der Waals surface area (Å²) >= 11 is 1.73. The van der Waals surface area contributed by atoms with Crippen molar-refractivity contribution in [1.82, 2.24) is 9.88 Å². The Labute approximate surface area is 125 Å². The molecule has 0 N–H and O–H groups in total. The molecule has 0 aromatic carbocycles. The quantitative estimate of drug-likeness (QED) is 0.855. The smallest absolute Gasteiger partial charge is 0.168 e. The molecule has 1 saturated heterocycles. The molecule has 2 fully saturated rings. The molecule has 112 valence electrons. The Hall–Kier alpha value is -0.490. The molecule has 1 aromatic heterocycles. The second kappa shape index (κ2) is 6.10. The zero-order valence-corrected chi connectivity index (χ0v) is 13.2. The topological polar surface area (TPSA) is 34.6 Å². The van der Waals surface area contributed by atoms with Crippen molar-refractivity contribution in [3.8, 4) is 0 Å². The van der Waals surface area contributed by atoms with Gasteiger partial charge in [0.2, 0.25) is 0 Å². The third-order valence-corrected chi connectivity index (χ3v) is 5.22. The van der Waals surface area contributed by atoms with Crippen LogP contribution in [-0.4, -0.2) is 42.0 Å². The average Bonchev–Trinajstić information content (AvgIpc) is 2.99. The molecule has 20 heavy (non-hydrogen) atoms. The fourth-order valence-corrected chi connectivity index (χ4v) is 4.05. The van der Waals surface area contributed by atoms with Crippen LogP contribution in [0.25, 0.3) is 0 Å². The molecule has 0 amide bonds. The molecule has 1 aliphatic carbocycles. The predicted octanol–water partition coefficient (Wildman–Crippen LogP) is 2.96. The molecule has 5 heteroatoms. The van der Waals surface area contributed by atoms with E-state index in [0.29, 0.717) is 0 Å². The highest BCUT2D eigenvalue weighted by molar-refractivity contribution is 7.09. The Morgan fingerprint density at radius 3 is 2.90 bits per heavy atom. The summed E-state index contributed by atoms with van der Waals surface area (Å²) in [5.41, 5.74) is 3.07. The van der Waals surface area contributed by atoms with Crippen molar-refractivity contribution in [2.24, 2.45) is 0 Å². The SMILES string of the molecule is Cc1ncsc1CN(C)CC1COC2(CCCCC2)O1. The number of ether oxygens (including phenoxy) is 2. The number of nitrogens with zero attached hydrogens (tertiary/aromatic N) is 2. The van der Waals surface area contributed by atoms with Crippen molar-refractivity contribution in [2.45, 2.75) is 57.5 Å². The summed E-state index contributed by atoms with van der Waals surface area (Å²) in [4.78, 5) is 7.97. The summed E-state index contributed by atoms with van der Waals surface area (Å²) in [5, 5.41) is 0. The van der Waals surface area contributed by atoms with Gasteiger partial charge in [0.05, 0.1) is 23.9 Å². The molecule has 1 saturated carbocycles. The Bertz CT molecular complexity index is 443. The fourth-order valence-electron chi connectivity index (χ4n) is 3.19. The second-order valence-corrected chi connectivity index (χ2v) is 7.02. The average molecular weight is 296 g/mol. The van der Waals surface area contributed by atoms with Crippen LogP contribution in [0.15, 0.2) is 5.51 Å². The Morgan fingerprint density at radius 2 is 2.20 bits per heavy atom. The van der Waals surface area contributed by atoms with Crippen molar-refractivity contribution in [3.05, 3.63) is 16.1 Å². The van der Waals surface area contributed by atoms with Crippen LogP contribution in [0.2, 0.25) is 0 Å². The van der Waals surface area contributed by atoms with Gasteiger partial charge in [-0.3, -0.25) is 4.90 Å². The standard InChI is InChI=1S/C15H24N2O2S/c1-12-14(20-11-16-12)9-17(2)8-13-10-18-15(19-13)6-4-3-5-7-15/h11,13H,3-10H2,1-2H3. The van der Waals surface area contributed by atoms with Crippen molar-refractivity contribution >= 4 is 11.3 Å². The zero-order valence-electron chi connectivity index (χ0n) is 12.4. The molecular weight excluding hydrogens is 272 g/mol. The number of likely N-dealkylation sites (N-methyl/N-ethyl adjacent to an activating group) is 1. The molecule has 1 aliphatic heterocycles. The van der Waals surface area contributed by atoms with Gasteiger partial charge in [-0.1, -0.05) is 6.42 Å². The minimum atomic E-state index is -0.246. The summed E-state index contributed by atoms with van der Waals surface area (Å²) in [6.45, 7) is 4.69. The van der Waals surface area contributed by atoms with Crippen molar-refractivity contribution in [2.75, 3.05) is 20.2 Å². The van der Waals surface area contributed by atoms with Crippen LogP contribution in [0.5, 0.6) is 0 Å². The Morgan fingerprint density at radius 1 is 1.40 bits per heavy atom. The Balaban J connectivity index is 1.50. The van der Waals surface area contributed by atoms with Crippen LogP contribution in [0.3, 0.4) is 0 Å². The van der Waals surface area contributed by atoms with Crippen molar-refractivity contribution in [1.29, 1.82) is 0 Å². The third kappa shape index (κ3) is 3.22. The first kappa shape index (κ1) is 14.4. The lowest BCUT2D eigenvalue weighted by Crippen LogP contribution is -2.36. The monoisotopic (exact) mass is 296 g/mol. The first-order valence-electron chi connectivity index (χ1n) is 7.56. The molecule has 2 aliphatic rings. The summed E-state index contributed by atoms with van der Waals surface area (Å²) < 4.78 is 12.2. The molecule has 0 bridgehead atoms. The third-order valence-electron chi connectivity index (χ3n) is 4.30. The van der Waals surface area contributed by atoms with Gasteiger partial charge in [-0.2, -0.15) is 0 Å². The molecule has 0 radical (unpaired) electrons. The minimum Gasteiger partial charge on any atom is -0.347 e. The van der Waals surface area contributed by atoms with Crippen LogP contribution in [-0.2, 0) is 16.0 Å².